The van der Waals surface area contributed by atoms with Crippen LogP contribution >= 0.6 is 0 Å². The summed E-state index contributed by atoms with van der Waals surface area (Å²) in [6.07, 6.45) is 1.06. The van der Waals surface area contributed by atoms with E-state index in [0.717, 1.165) is 24.2 Å². The molecular formula is C15H25FN2. The highest BCUT2D eigenvalue weighted by molar-refractivity contribution is 5.56. The van der Waals surface area contributed by atoms with Crippen molar-refractivity contribution in [2.75, 3.05) is 18.5 Å². The normalized spacial score (nSPS) is 12.8. The summed E-state index contributed by atoms with van der Waals surface area (Å²) in [6.45, 7) is 9.38. The maximum Gasteiger partial charge on any atom is 0.130 e. The molecule has 1 aromatic carbocycles. The molecule has 1 aromatic rings. The smallest absolute Gasteiger partial charge is 0.130 e. The SMILES string of the molecule is CCCN(c1cccc(F)c1C(C)NC)C(C)C. The fourth-order valence-corrected chi connectivity index (χ4v) is 2.25. The zero-order valence-corrected chi connectivity index (χ0v) is 12.1. The lowest BCUT2D eigenvalue weighted by Gasteiger charge is -2.32. The Bertz CT molecular complexity index is 377. The van der Waals surface area contributed by atoms with E-state index in [0.29, 0.717) is 6.04 Å². The van der Waals surface area contributed by atoms with E-state index in [2.05, 4.69) is 31.0 Å². The highest BCUT2D eigenvalue weighted by Crippen LogP contribution is 2.30. The molecule has 0 aromatic heterocycles. The Kier molecular flexibility index (Phi) is 5.60. The van der Waals surface area contributed by atoms with Gasteiger partial charge in [0, 0.05) is 29.9 Å². The highest BCUT2D eigenvalue weighted by Gasteiger charge is 2.19. The van der Waals surface area contributed by atoms with Gasteiger partial charge in [-0.05, 0) is 46.4 Å². The van der Waals surface area contributed by atoms with Crippen LogP contribution in [0.2, 0.25) is 0 Å². The van der Waals surface area contributed by atoms with Crippen molar-refractivity contribution in [2.24, 2.45) is 0 Å². The molecule has 0 heterocycles. The van der Waals surface area contributed by atoms with Crippen LogP contribution < -0.4 is 10.2 Å². The number of hydrogen-bond acceptors (Lipinski definition) is 2. The van der Waals surface area contributed by atoms with E-state index in [4.69, 9.17) is 0 Å². The van der Waals surface area contributed by atoms with Gasteiger partial charge in [0.1, 0.15) is 5.82 Å². The van der Waals surface area contributed by atoms with Crippen molar-refractivity contribution in [3.63, 3.8) is 0 Å². The Morgan fingerprint density at radius 3 is 2.44 bits per heavy atom. The molecule has 102 valence electrons. The lowest BCUT2D eigenvalue weighted by molar-refractivity contribution is 0.555. The molecule has 2 nitrogen and oxygen atoms in total. The van der Waals surface area contributed by atoms with Crippen LogP contribution in [-0.2, 0) is 0 Å². The first kappa shape index (κ1) is 15.0. The maximum atomic E-state index is 14.1. The first-order valence-electron chi connectivity index (χ1n) is 6.75. The second-order valence-electron chi connectivity index (χ2n) is 4.97. The average Bonchev–Trinajstić information content (AvgIpc) is 2.34. The van der Waals surface area contributed by atoms with Gasteiger partial charge in [0.05, 0.1) is 0 Å². The summed E-state index contributed by atoms with van der Waals surface area (Å²) >= 11 is 0. The van der Waals surface area contributed by atoms with Gasteiger partial charge in [-0.2, -0.15) is 0 Å². The Labute approximate surface area is 110 Å². The summed E-state index contributed by atoms with van der Waals surface area (Å²) in [5.41, 5.74) is 1.77. The van der Waals surface area contributed by atoms with E-state index in [9.17, 15) is 4.39 Å². The number of rotatable bonds is 6. The third-order valence-corrected chi connectivity index (χ3v) is 3.29. The first-order valence-corrected chi connectivity index (χ1v) is 6.75. The second-order valence-corrected chi connectivity index (χ2v) is 4.97. The Balaban J connectivity index is 3.24. The van der Waals surface area contributed by atoms with Crippen LogP contribution in [0.15, 0.2) is 18.2 Å². The van der Waals surface area contributed by atoms with E-state index in [-0.39, 0.29) is 11.9 Å². The van der Waals surface area contributed by atoms with Gasteiger partial charge < -0.3 is 10.2 Å². The van der Waals surface area contributed by atoms with Gasteiger partial charge in [-0.3, -0.25) is 0 Å². The fraction of sp³-hybridized carbons (Fsp3) is 0.600. The standard InChI is InChI=1S/C15H25FN2/c1-6-10-18(11(2)3)14-9-7-8-13(16)15(14)12(4)17-5/h7-9,11-12,17H,6,10H2,1-5H3. The monoisotopic (exact) mass is 252 g/mol. The number of benzene rings is 1. The number of halogens is 1. The molecular weight excluding hydrogens is 227 g/mol. The van der Waals surface area contributed by atoms with Crippen LogP contribution in [0.3, 0.4) is 0 Å². The third-order valence-electron chi connectivity index (χ3n) is 3.29. The van der Waals surface area contributed by atoms with Crippen molar-refractivity contribution >= 4 is 5.69 Å². The van der Waals surface area contributed by atoms with Crippen molar-refractivity contribution in [3.8, 4) is 0 Å². The summed E-state index contributed by atoms with van der Waals surface area (Å²) in [6, 6.07) is 5.73. The molecule has 0 spiro atoms. The molecule has 0 aliphatic carbocycles. The van der Waals surface area contributed by atoms with Crippen LogP contribution in [0.1, 0.15) is 45.7 Å². The summed E-state index contributed by atoms with van der Waals surface area (Å²) in [5, 5.41) is 3.13. The minimum Gasteiger partial charge on any atom is -0.369 e. The zero-order valence-electron chi connectivity index (χ0n) is 12.1. The van der Waals surface area contributed by atoms with E-state index in [1.807, 2.05) is 20.0 Å². The molecule has 0 saturated heterocycles. The lowest BCUT2D eigenvalue weighted by atomic mass is 10.0. The third kappa shape index (κ3) is 3.22. The molecule has 0 fully saturated rings. The maximum absolute atomic E-state index is 14.1. The summed E-state index contributed by atoms with van der Waals surface area (Å²) in [7, 11) is 1.86. The lowest BCUT2D eigenvalue weighted by Crippen LogP contribution is -2.33. The van der Waals surface area contributed by atoms with Gasteiger partial charge in [-0.1, -0.05) is 13.0 Å². The minimum absolute atomic E-state index is 0.0132. The molecule has 0 aliphatic rings. The molecule has 1 unspecified atom stereocenters. The number of nitrogens with zero attached hydrogens (tertiary/aromatic N) is 1. The molecule has 0 aliphatic heterocycles. The first-order chi connectivity index (χ1) is 8.52. The van der Waals surface area contributed by atoms with Gasteiger partial charge in [0.15, 0.2) is 0 Å². The molecule has 0 radical (unpaired) electrons. The topological polar surface area (TPSA) is 15.3 Å². The molecule has 1 rings (SSSR count). The molecule has 3 heteroatoms. The number of anilines is 1. The van der Waals surface area contributed by atoms with Gasteiger partial charge >= 0.3 is 0 Å². The molecule has 0 bridgehead atoms. The van der Waals surface area contributed by atoms with Crippen molar-refractivity contribution in [1.82, 2.24) is 5.32 Å². The van der Waals surface area contributed by atoms with Crippen LogP contribution in [0.5, 0.6) is 0 Å². The quantitative estimate of drug-likeness (QED) is 0.830. The van der Waals surface area contributed by atoms with Gasteiger partial charge in [0.25, 0.3) is 0 Å². The molecule has 0 saturated carbocycles. The predicted molar refractivity (Wildman–Crippen MR) is 76.6 cm³/mol. The van der Waals surface area contributed by atoms with E-state index in [1.54, 1.807) is 6.07 Å². The Hall–Kier alpha value is -1.09. The van der Waals surface area contributed by atoms with E-state index < -0.39 is 0 Å². The van der Waals surface area contributed by atoms with Crippen LogP contribution in [-0.4, -0.2) is 19.6 Å². The van der Waals surface area contributed by atoms with Gasteiger partial charge in [0.2, 0.25) is 0 Å². The van der Waals surface area contributed by atoms with Crippen LogP contribution in [0.4, 0.5) is 10.1 Å². The summed E-state index contributed by atoms with van der Waals surface area (Å²) in [5.74, 6) is -0.129. The Morgan fingerprint density at radius 2 is 1.94 bits per heavy atom. The molecule has 0 amide bonds. The highest BCUT2D eigenvalue weighted by atomic mass is 19.1. The van der Waals surface area contributed by atoms with Crippen molar-refractivity contribution in [2.45, 2.75) is 46.2 Å². The second kappa shape index (κ2) is 6.74. The van der Waals surface area contributed by atoms with Crippen molar-refractivity contribution in [1.29, 1.82) is 0 Å². The van der Waals surface area contributed by atoms with Crippen molar-refractivity contribution in [3.05, 3.63) is 29.6 Å². The molecule has 1 atom stereocenters. The number of hydrogen-bond donors (Lipinski definition) is 1. The van der Waals surface area contributed by atoms with Crippen molar-refractivity contribution < 1.29 is 4.39 Å². The minimum atomic E-state index is -0.129. The molecule has 1 N–H and O–H groups in total. The van der Waals surface area contributed by atoms with E-state index >= 15 is 0 Å². The fourth-order valence-electron chi connectivity index (χ4n) is 2.25. The largest absolute Gasteiger partial charge is 0.369 e. The van der Waals surface area contributed by atoms with Gasteiger partial charge in [-0.15, -0.1) is 0 Å². The number of nitrogens with one attached hydrogen (secondary N) is 1. The average molecular weight is 252 g/mol. The zero-order chi connectivity index (χ0) is 13.7. The van der Waals surface area contributed by atoms with Crippen LogP contribution in [0, 0.1) is 5.82 Å². The van der Waals surface area contributed by atoms with Gasteiger partial charge in [-0.25, -0.2) is 4.39 Å². The Morgan fingerprint density at radius 1 is 1.28 bits per heavy atom. The molecule has 18 heavy (non-hydrogen) atoms. The summed E-state index contributed by atoms with van der Waals surface area (Å²) < 4.78 is 14.1. The van der Waals surface area contributed by atoms with Crippen LogP contribution in [0.25, 0.3) is 0 Å². The summed E-state index contributed by atoms with van der Waals surface area (Å²) in [4.78, 5) is 2.27. The predicted octanol–water partition coefficient (Wildman–Crippen LogP) is 3.73. The van der Waals surface area contributed by atoms with E-state index in [1.165, 1.54) is 6.07 Å².